The monoisotopic (exact) mass is 380 g/mol. The lowest BCUT2D eigenvalue weighted by Gasteiger charge is -2.28. The van der Waals surface area contributed by atoms with Gasteiger partial charge in [0.25, 0.3) is 11.8 Å². The lowest BCUT2D eigenvalue weighted by molar-refractivity contribution is -0.119. The smallest absolute Gasteiger partial charge is 0.263 e. The average molecular weight is 380 g/mol. The van der Waals surface area contributed by atoms with Crippen LogP contribution in [0.1, 0.15) is 53.3 Å². The van der Waals surface area contributed by atoms with Crippen LogP contribution >= 0.6 is 0 Å². The maximum absolute atomic E-state index is 13.0. The minimum Gasteiger partial charge on any atom is -0.495 e. The SMILES string of the molecule is CCCCCC(=O)N(CN1C(=O)c2ccccc2C1=O)c1ccccc1OC. The molecule has 0 atom stereocenters. The van der Waals surface area contributed by atoms with Crippen molar-refractivity contribution < 1.29 is 19.1 Å². The molecule has 1 heterocycles. The highest BCUT2D eigenvalue weighted by atomic mass is 16.5. The Morgan fingerprint density at radius 2 is 1.57 bits per heavy atom. The van der Waals surface area contributed by atoms with Crippen LogP contribution in [0.3, 0.4) is 0 Å². The molecule has 1 aliphatic heterocycles. The van der Waals surface area contributed by atoms with Crippen LogP contribution in [0.25, 0.3) is 0 Å². The van der Waals surface area contributed by atoms with Crippen LogP contribution in [0.4, 0.5) is 5.69 Å². The van der Waals surface area contributed by atoms with Crippen molar-refractivity contribution in [2.45, 2.75) is 32.6 Å². The maximum Gasteiger partial charge on any atom is 0.263 e. The molecule has 1 aliphatic rings. The molecular weight excluding hydrogens is 356 g/mol. The van der Waals surface area contributed by atoms with E-state index < -0.39 is 0 Å². The first-order valence-electron chi connectivity index (χ1n) is 9.47. The summed E-state index contributed by atoms with van der Waals surface area (Å²) in [4.78, 5) is 41.1. The van der Waals surface area contributed by atoms with Crippen LogP contribution < -0.4 is 9.64 Å². The van der Waals surface area contributed by atoms with Gasteiger partial charge in [-0.05, 0) is 30.7 Å². The van der Waals surface area contributed by atoms with Crippen molar-refractivity contribution in [3.63, 3.8) is 0 Å². The molecule has 3 rings (SSSR count). The number of nitrogens with zero attached hydrogens (tertiary/aromatic N) is 2. The van der Waals surface area contributed by atoms with Crippen LogP contribution in [0, 0.1) is 0 Å². The van der Waals surface area contributed by atoms with E-state index in [-0.39, 0.29) is 24.4 Å². The Balaban J connectivity index is 1.91. The number of para-hydroxylation sites is 2. The Hall–Kier alpha value is -3.15. The number of hydrogen-bond acceptors (Lipinski definition) is 4. The summed E-state index contributed by atoms with van der Waals surface area (Å²) >= 11 is 0. The molecule has 0 bridgehead atoms. The zero-order valence-electron chi connectivity index (χ0n) is 16.2. The molecule has 0 radical (unpaired) electrons. The molecule has 0 N–H and O–H groups in total. The molecule has 0 saturated carbocycles. The number of carbonyl (C=O) groups excluding carboxylic acids is 3. The van der Waals surface area contributed by atoms with Gasteiger partial charge in [-0.25, -0.2) is 0 Å². The van der Waals surface area contributed by atoms with Crippen molar-refractivity contribution in [1.82, 2.24) is 4.90 Å². The number of fused-ring (bicyclic) bond motifs is 1. The number of ether oxygens (including phenoxy) is 1. The second-order valence-corrected chi connectivity index (χ2v) is 6.68. The summed E-state index contributed by atoms with van der Waals surface area (Å²) < 4.78 is 5.40. The second kappa shape index (κ2) is 8.69. The van der Waals surface area contributed by atoms with Crippen molar-refractivity contribution in [3.8, 4) is 5.75 Å². The van der Waals surface area contributed by atoms with E-state index in [4.69, 9.17) is 4.74 Å². The number of imide groups is 1. The van der Waals surface area contributed by atoms with Crippen LogP contribution in [0.15, 0.2) is 48.5 Å². The summed E-state index contributed by atoms with van der Waals surface area (Å²) in [6.45, 7) is 1.93. The second-order valence-electron chi connectivity index (χ2n) is 6.68. The van der Waals surface area contributed by atoms with Gasteiger partial charge in [0.1, 0.15) is 12.4 Å². The molecule has 0 aliphatic carbocycles. The number of methoxy groups -OCH3 is 1. The van der Waals surface area contributed by atoms with Gasteiger partial charge >= 0.3 is 0 Å². The fourth-order valence-corrected chi connectivity index (χ4v) is 3.31. The predicted molar refractivity (Wildman–Crippen MR) is 106 cm³/mol. The van der Waals surface area contributed by atoms with E-state index in [9.17, 15) is 14.4 Å². The third-order valence-corrected chi connectivity index (χ3v) is 4.83. The first-order valence-corrected chi connectivity index (χ1v) is 9.47. The Morgan fingerprint density at radius 1 is 0.964 bits per heavy atom. The Labute approximate surface area is 164 Å². The molecule has 6 heteroatoms. The van der Waals surface area contributed by atoms with Crippen LogP contribution in [0.2, 0.25) is 0 Å². The molecule has 0 fully saturated rings. The van der Waals surface area contributed by atoms with E-state index in [1.807, 2.05) is 6.07 Å². The third kappa shape index (κ3) is 3.76. The van der Waals surface area contributed by atoms with Crippen LogP contribution in [-0.4, -0.2) is 36.4 Å². The van der Waals surface area contributed by atoms with Crippen LogP contribution in [-0.2, 0) is 4.79 Å². The quantitative estimate of drug-likeness (QED) is 0.515. The maximum atomic E-state index is 13.0. The molecule has 0 aromatic heterocycles. The number of benzene rings is 2. The molecule has 3 amide bonds. The molecule has 6 nitrogen and oxygen atoms in total. The van der Waals surface area contributed by atoms with Gasteiger partial charge in [-0.3, -0.25) is 24.2 Å². The molecule has 2 aromatic rings. The third-order valence-electron chi connectivity index (χ3n) is 4.83. The van der Waals surface area contributed by atoms with Gasteiger partial charge in [0.2, 0.25) is 5.91 Å². The number of unbranched alkanes of at least 4 members (excludes halogenated alkanes) is 2. The molecule has 0 saturated heterocycles. The van der Waals surface area contributed by atoms with Gasteiger partial charge in [-0.2, -0.15) is 0 Å². The highest BCUT2D eigenvalue weighted by Crippen LogP contribution is 2.30. The van der Waals surface area contributed by atoms with Crippen molar-refractivity contribution in [1.29, 1.82) is 0 Å². The Bertz CT molecular complexity index is 859. The summed E-state index contributed by atoms with van der Waals surface area (Å²) in [6.07, 6.45) is 3.04. The number of hydrogen-bond donors (Lipinski definition) is 0. The van der Waals surface area contributed by atoms with Crippen molar-refractivity contribution in [2.24, 2.45) is 0 Å². The summed E-state index contributed by atoms with van der Waals surface area (Å²) in [5.74, 6) is -0.402. The molecule has 28 heavy (non-hydrogen) atoms. The highest BCUT2D eigenvalue weighted by Gasteiger charge is 2.37. The average Bonchev–Trinajstić information content (AvgIpc) is 2.96. The van der Waals surface area contributed by atoms with Crippen molar-refractivity contribution in [3.05, 3.63) is 59.7 Å². The summed E-state index contributed by atoms with van der Waals surface area (Å²) in [5, 5.41) is 0. The first-order chi connectivity index (χ1) is 13.6. The molecule has 0 unspecified atom stereocenters. The van der Waals surface area contributed by atoms with Gasteiger partial charge in [0, 0.05) is 6.42 Å². The topological polar surface area (TPSA) is 66.9 Å². The lowest BCUT2D eigenvalue weighted by atomic mass is 10.1. The standard InChI is InChI=1S/C22H24N2O4/c1-3-4-5-14-20(25)23(18-12-8-9-13-19(18)28-2)15-24-21(26)16-10-6-7-11-17(16)22(24)27/h6-13H,3-5,14-15H2,1-2H3. The molecule has 146 valence electrons. The van der Waals surface area contributed by atoms with Gasteiger partial charge in [0.15, 0.2) is 0 Å². The Kier molecular flexibility index (Phi) is 6.09. The fraction of sp³-hybridized carbons (Fsp3) is 0.318. The minimum absolute atomic E-state index is 0.141. The van der Waals surface area contributed by atoms with Crippen molar-refractivity contribution >= 4 is 23.4 Å². The minimum atomic E-state index is -0.387. The van der Waals surface area contributed by atoms with Gasteiger partial charge in [-0.1, -0.05) is 44.0 Å². The number of anilines is 1. The number of amides is 3. The predicted octanol–water partition coefficient (Wildman–Crippen LogP) is 3.86. The van der Waals surface area contributed by atoms with Gasteiger partial charge in [0.05, 0.1) is 23.9 Å². The largest absolute Gasteiger partial charge is 0.495 e. The van der Waals surface area contributed by atoms with E-state index in [1.54, 1.807) is 42.5 Å². The van der Waals surface area contributed by atoms with Crippen LogP contribution in [0.5, 0.6) is 5.75 Å². The van der Waals surface area contributed by atoms with E-state index in [1.165, 1.54) is 12.0 Å². The fourth-order valence-electron chi connectivity index (χ4n) is 3.31. The van der Waals surface area contributed by atoms with E-state index >= 15 is 0 Å². The van der Waals surface area contributed by atoms with E-state index in [0.29, 0.717) is 29.0 Å². The summed E-state index contributed by atoms with van der Waals surface area (Å²) in [7, 11) is 1.53. The molecule has 2 aromatic carbocycles. The van der Waals surface area contributed by atoms with Gasteiger partial charge < -0.3 is 4.74 Å². The zero-order valence-corrected chi connectivity index (χ0v) is 16.2. The Morgan fingerprint density at radius 3 is 2.18 bits per heavy atom. The van der Waals surface area contributed by atoms with E-state index in [0.717, 1.165) is 24.2 Å². The summed E-state index contributed by atoms with van der Waals surface area (Å²) in [6, 6.07) is 13.8. The van der Waals surface area contributed by atoms with Crippen molar-refractivity contribution in [2.75, 3.05) is 18.7 Å². The van der Waals surface area contributed by atoms with E-state index in [2.05, 4.69) is 6.92 Å². The number of carbonyl (C=O) groups is 3. The molecule has 0 spiro atoms. The lowest BCUT2D eigenvalue weighted by Crippen LogP contribution is -2.44. The van der Waals surface area contributed by atoms with Gasteiger partial charge in [-0.15, -0.1) is 0 Å². The number of rotatable bonds is 8. The normalized spacial score (nSPS) is 12.9. The first kappa shape index (κ1) is 19.6. The summed E-state index contributed by atoms with van der Waals surface area (Å²) in [5.41, 5.74) is 1.28. The highest BCUT2D eigenvalue weighted by molar-refractivity contribution is 6.21. The molecular formula is C22H24N2O4. The zero-order chi connectivity index (χ0) is 20.1.